The lowest BCUT2D eigenvalue weighted by atomic mass is 9.85. The Kier molecular flexibility index (Phi) is 14.3. The molecule has 5 aromatic rings. The Labute approximate surface area is 351 Å². The maximum absolute atomic E-state index is 14.0. The highest BCUT2D eigenvalue weighted by molar-refractivity contribution is 7.13. The summed E-state index contributed by atoms with van der Waals surface area (Å²) in [6.45, 7) is 11.0. The molecule has 0 bridgehead atoms. The van der Waals surface area contributed by atoms with E-state index in [0.717, 1.165) is 55.3 Å². The van der Waals surface area contributed by atoms with Crippen LogP contribution >= 0.6 is 11.3 Å². The molecule has 3 amide bonds. The quantitative estimate of drug-likeness (QED) is 0.0934. The molecule has 1 aliphatic heterocycles. The maximum atomic E-state index is 14.0. The van der Waals surface area contributed by atoms with Gasteiger partial charge in [-0.2, -0.15) is 0 Å². The van der Waals surface area contributed by atoms with Crippen molar-refractivity contribution in [2.24, 2.45) is 5.41 Å². The molecule has 13 heteroatoms. The van der Waals surface area contributed by atoms with Gasteiger partial charge in [-0.1, -0.05) is 63.2 Å². The predicted molar refractivity (Wildman–Crippen MR) is 234 cm³/mol. The molecule has 0 spiro atoms. The van der Waals surface area contributed by atoms with E-state index >= 15 is 0 Å². The zero-order valence-electron chi connectivity index (χ0n) is 35.1. The Morgan fingerprint density at radius 1 is 0.898 bits per heavy atom. The minimum absolute atomic E-state index is 0.198. The van der Waals surface area contributed by atoms with E-state index < -0.39 is 23.4 Å². The van der Waals surface area contributed by atoms with E-state index in [1.54, 1.807) is 16.2 Å². The summed E-state index contributed by atoms with van der Waals surface area (Å²) in [5.41, 5.74) is 8.27. The van der Waals surface area contributed by atoms with Crippen LogP contribution in [0.25, 0.3) is 32.6 Å². The summed E-state index contributed by atoms with van der Waals surface area (Å²) in [5.74, 6) is -0.166. The third-order valence-corrected chi connectivity index (χ3v) is 11.5. The van der Waals surface area contributed by atoms with Crippen LogP contribution in [0.4, 0.5) is 5.69 Å². The highest BCUT2D eigenvalue weighted by Crippen LogP contribution is 2.30. The summed E-state index contributed by atoms with van der Waals surface area (Å²) >= 11 is 1.60. The molecule has 1 fully saturated rings. The summed E-state index contributed by atoms with van der Waals surface area (Å²) in [6.07, 6.45) is 1.26. The van der Waals surface area contributed by atoms with E-state index in [1.165, 1.54) is 0 Å². The number of pyridine rings is 1. The first-order valence-corrected chi connectivity index (χ1v) is 21.0. The van der Waals surface area contributed by atoms with Gasteiger partial charge >= 0.3 is 0 Å². The number of nitrogens with one attached hydrogen (secondary N) is 2. The Balaban J connectivity index is 0.903. The molecule has 2 aromatic heterocycles. The molecule has 3 aromatic carbocycles. The molecule has 3 heterocycles. The largest absolute Gasteiger partial charge is 0.491 e. The van der Waals surface area contributed by atoms with Crippen LogP contribution in [0.3, 0.4) is 0 Å². The number of nitrogens with zero attached hydrogens (tertiary/aromatic N) is 4. The molecule has 0 saturated carbocycles. The number of fused-ring (bicyclic) bond motifs is 1. The van der Waals surface area contributed by atoms with Gasteiger partial charge in [0.05, 0.1) is 53.2 Å². The van der Waals surface area contributed by atoms with Gasteiger partial charge in [0.15, 0.2) is 0 Å². The fourth-order valence-corrected chi connectivity index (χ4v) is 7.91. The molecule has 59 heavy (non-hydrogen) atoms. The third kappa shape index (κ3) is 11.2. The van der Waals surface area contributed by atoms with Gasteiger partial charge < -0.3 is 34.6 Å². The molecule has 2 N–H and O–H groups in total. The minimum Gasteiger partial charge on any atom is -0.491 e. The maximum Gasteiger partial charge on any atom is 0.246 e. The summed E-state index contributed by atoms with van der Waals surface area (Å²) < 4.78 is 17.2. The van der Waals surface area contributed by atoms with Crippen LogP contribution < -0.4 is 20.3 Å². The van der Waals surface area contributed by atoms with Gasteiger partial charge in [-0.05, 0) is 79.6 Å². The van der Waals surface area contributed by atoms with Gasteiger partial charge in [-0.25, -0.2) is 9.97 Å². The number of carbonyl (C=O) groups excluding carboxylic acids is 3. The number of benzene rings is 3. The Morgan fingerprint density at radius 2 is 1.61 bits per heavy atom. The van der Waals surface area contributed by atoms with Crippen LogP contribution in [0.1, 0.15) is 57.8 Å². The van der Waals surface area contributed by atoms with Crippen LogP contribution in [0, 0.1) is 12.3 Å². The molecule has 1 aliphatic rings. The second-order valence-electron chi connectivity index (χ2n) is 16.2. The summed E-state index contributed by atoms with van der Waals surface area (Å²) in [4.78, 5) is 54.5. The van der Waals surface area contributed by atoms with Gasteiger partial charge in [-0.3, -0.25) is 14.4 Å². The summed E-state index contributed by atoms with van der Waals surface area (Å²) in [5, 5.41) is 6.98. The van der Waals surface area contributed by atoms with Crippen molar-refractivity contribution < 1.29 is 28.6 Å². The average molecular weight is 821 g/mol. The zero-order valence-corrected chi connectivity index (χ0v) is 35.9. The summed E-state index contributed by atoms with van der Waals surface area (Å²) in [6, 6.07) is 24.6. The fourth-order valence-electron chi connectivity index (χ4n) is 7.10. The van der Waals surface area contributed by atoms with E-state index in [2.05, 4.69) is 44.8 Å². The number of aryl methyl sites for hydroxylation is 1. The second-order valence-corrected chi connectivity index (χ2v) is 17.0. The molecule has 3 atom stereocenters. The van der Waals surface area contributed by atoms with E-state index in [0.29, 0.717) is 32.6 Å². The smallest absolute Gasteiger partial charge is 0.246 e. The summed E-state index contributed by atoms with van der Waals surface area (Å²) in [7, 11) is 4.04. The topological polar surface area (TPSA) is 135 Å². The second kappa shape index (κ2) is 19.6. The molecule has 0 radical (unpaired) electrons. The normalized spacial score (nSPS) is 15.2. The van der Waals surface area contributed by atoms with Gasteiger partial charge in [0.1, 0.15) is 31.0 Å². The predicted octanol–water partition coefficient (Wildman–Crippen LogP) is 7.21. The monoisotopic (exact) mass is 820 g/mol. The van der Waals surface area contributed by atoms with Crippen molar-refractivity contribution in [3.63, 3.8) is 0 Å². The van der Waals surface area contributed by atoms with Crippen LogP contribution in [0.15, 0.2) is 84.4 Å². The molecule has 12 nitrogen and oxygen atoms in total. The van der Waals surface area contributed by atoms with Crippen molar-refractivity contribution in [1.29, 1.82) is 0 Å². The number of hydrogen-bond donors (Lipinski definition) is 2. The average Bonchev–Trinajstić information content (AvgIpc) is 3.90. The molecule has 1 unspecified atom stereocenters. The van der Waals surface area contributed by atoms with E-state index in [9.17, 15) is 14.4 Å². The van der Waals surface area contributed by atoms with Gasteiger partial charge in [0, 0.05) is 37.3 Å². The van der Waals surface area contributed by atoms with Crippen molar-refractivity contribution in [3.8, 4) is 27.4 Å². The number of rotatable bonds is 17. The van der Waals surface area contributed by atoms with Crippen molar-refractivity contribution in [2.45, 2.75) is 65.6 Å². The standard InChI is InChI=1S/C46H56N6O6S/c1-30(32-10-12-34(13-11-32)42-31(2)47-29-59-42)48-44(54)40-9-8-22-52(40)45(55)43(46(3,4)5)50-41(53)28-57-24-23-56-25-26-58-37-19-21-39-35(27-37)16-20-38(49-39)33-14-17-36(18-15-33)51(6)7/h10-21,27,29-30,40,43H,8-9,22-26,28H2,1-7H3,(H,48,54)(H,50,53)/t30-,40-,43?/m0/s1. The number of aromatic nitrogens is 2. The molecular weight excluding hydrogens is 765 g/mol. The van der Waals surface area contributed by atoms with Crippen LogP contribution in [0.2, 0.25) is 0 Å². The first kappa shape index (κ1) is 43.2. The fraction of sp³-hybridized carbons (Fsp3) is 0.413. The Bertz CT molecular complexity index is 2200. The first-order valence-electron chi connectivity index (χ1n) is 20.2. The van der Waals surface area contributed by atoms with Crippen molar-refractivity contribution in [2.75, 3.05) is 58.6 Å². The minimum atomic E-state index is -0.839. The van der Waals surface area contributed by atoms with Crippen molar-refractivity contribution in [3.05, 3.63) is 95.6 Å². The number of anilines is 1. The molecule has 6 rings (SSSR count). The van der Waals surface area contributed by atoms with Gasteiger partial charge in [0.2, 0.25) is 17.7 Å². The van der Waals surface area contributed by atoms with Crippen molar-refractivity contribution >= 4 is 45.6 Å². The molecular formula is C46H56N6O6S. The molecule has 1 saturated heterocycles. The lowest BCUT2D eigenvalue weighted by Crippen LogP contribution is -2.58. The Morgan fingerprint density at radius 3 is 2.31 bits per heavy atom. The van der Waals surface area contributed by atoms with Gasteiger partial charge in [0.25, 0.3) is 0 Å². The highest BCUT2D eigenvalue weighted by Gasteiger charge is 2.42. The van der Waals surface area contributed by atoms with Gasteiger partial charge in [-0.15, -0.1) is 11.3 Å². The van der Waals surface area contributed by atoms with Crippen LogP contribution in [-0.4, -0.2) is 98.3 Å². The Hall–Kier alpha value is -5.37. The number of ether oxygens (including phenoxy) is 3. The number of hydrogen-bond acceptors (Lipinski definition) is 10. The van der Waals surface area contributed by atoms with E-state index in [4.69, 9.17) is 19.2 Å². The van der Waals surface area contributed by atoms with E-state index in [-0.39, 0.29) is 37.7 Å². The highest BCUT2D eigenvalue weighted by atomic mass is 32.1. The number of carbonyl (C=O) groups is 3. The number of likely N-dealkylation sites (tertiary alicyclic amines) is 1. The lowest BCUT2D eigenvalue weighted by molar-refractivity contribution is -0.144. The zero-order chi connectivity index (χ0) is 42.1. The number of thiazole rings is 1. The van der Waals surface area contributed by atoms with Crippen molar-refractivity contribution in [1.82, 2.24) is 25.5 Å². The SMILES string of the molecule is Cc1ncsc1-c1ccc([C@H](C)NC(=O)[C@@H]2CCCN2C(=O)C(NC(=O)COCCOCCOc2ccc3nc(-c4ccc(N(C)C)cc4)ccc3c2)C(C)(C)C)cc1. The number of amides is 3. The molecule has 0 aliphatic carbocycles. The first-order chi connectivity index (χ1) is 28.3. The van der Waals surface area contributed by atoms with Crippen LogP contribution in [-0.2, 0) is 23.9 Å². The lowest BCUT2D eigenvalue weighted by Gasteiger charge is -2.35. The van der Waals surface area contributed by atoms with E-state index in [1.807, 2.05) is 109 Å². The third-order valence-electron chi connectivity index (χ3n) is 10.5. The van der Waals surface area contributed by atoms with Crippen LogP contribution in [0.5, 0.6) is 5.75 Å². The molecule has 312 valence electrons.